The first kappa shape index (κ1) is 29.7. The topological polar surface area (TPSA) is 159 Å². The Hall–Kier alpha value is -0.340. The lowest BCUT2D eigenvalue weighted by Gasteiger charge is -2.27. The molecule has 32 heavy (non-hydrogen) atoms. The smallest absolute Gasteiger partial charge is 0.253 e. The van der Waals surface area contributed by atoms with Crippen molar-refractivity contribution in [3.8, 4) is 0 Å². The molecule has 0 saturated carbocycles. The monoisotopic (exact) mass is 789 g/mol. The van der Waals surface area contributed by atoms with E-state index in [1.165, 1.54) is 18.7 Å². The Labute approximate surface area is 226 Å². The Balaban J connectivity index is 3.70. The molecular formula is C19H26I3N3O7. The van der Waals surface area contributed by atoms with Crippen LogP contribution in [0, 0.1) is 10.7 Å². The van der Waals surface area contributed by atoms with E-state index in [-0.39, 0.29) is 43.3 Å². The van der Waals surface area contributed by atoms with Gasteiger partial charge in [0.25, 0.3) is 11.8 Å². The molecule has 0 spiro atoms. The van der Waals surface area contributed by atoms with Crippen molar-refractivity contribution in [2.75, 3.05) is 37.7 Å². The molecule has 2 atom stereocenters. The lowest BCUT2D eigenvalue weighted by molar-refractivity contribution is -0.116. The van der Waals surface area contributed by atoms with Gasteiger partial charge in [0, 0.05) is 36.7 Å². The number of rotatable bonds is 11. The van der Waals surface area contributed by atoms with Crippen LogP contribution >= 0.6 is 67.8 Å². The van der Waals surface area contributed by atoms with Crippen LogP contribution in [0.15, 0.2) is 0 Å². The number of hydrogen-bond donors (Lipinski definition) is 6. The minimum Gasteiger partial charge on any atom is -0.396 e. The zero-order valence-electron chi connectivity index (χ0n) is 17.5. The minimum absolute atomic E-state index is 0.00251. The average molecular weight is 789 g/mol. The van der Waals surface area contributed by atoms with Crippen LogP contribution < -0.4 is 15.5 Å². The predicted molar refractivity (Wildman–Crippen MR) is 144 cm³/mol. The van der Waals surface area contributed by atoms with Crippen LogP contribution in [0.2, 0.25) is 0 Å². The van der Waals surface area contributed by atoms with Gasteiger partial charge in [0.1, 0.15) is 0 Å². The van der Waals surface area contributed by atoms with Crippen molar-refractivity contribution in [1.29, 1.82) is 0 Å². The zero-order chi connectivity index (χ0) is 24.6. The van der Waals surface area contributed by atoms with Gasteiger partial charge in [-0.1, -0.05) is 0 Å². The summed E-state index contributed by atoms with van der Waals surface area (Å²) in [5, 5.41) is 42.5. The Morgan fingerprint density at radius 3 is 1.84 bits per heavy atom. The van der Waals surface area contributed by atoms with E-state index in [0.29, 0.717) is 22.8 Å². The minimum atomic E-state index is -1.15. The summed E-state index contributed by atoms with van der Waals surface area (Å²) < 4.78 is 1.21. The number of halogens is 3. The molecule has 0 aliphatic heterocycles. The van der Waals surface area contributed by atoms with Gasteiger partial charge in [0.05, 0.1) is 42.8 Å². The van der Waals surface area contributed by atoms with Crippen molar-refractivity contribution in [3.05, 3.63) is 21.8 Å². The highest BCUT2D eigenvalue weighted by Gasteiger charge is 2.31. The third-order valence-corrected chi connectivity index (χ3v) is 7.38. The summed E-state index contributed by atoms with van der Waals surface area (Å²) in [5.74, 6) is -1.43. The lowest BCUT2D eigenvalue weighted by atomic mass is 10.1. The molecule has 0 aromatic heterocycles. The molecule has 0 aliphatic rings. The van der Waals surface area contributed by atoms with Gasteiger partial charge >= 0.3 is 0 Å². The highest BCUT2D eigenvalue weighted by Crippen LogP contribution is 2.38. The molecule has 1 aromatic rings. The zero-order valence-corrected chi connectivity index (χ0v) is 24.0. The van der Waals surface area contributed by atoms with Crippen LogP contribution in [0.4, 0.5) is 5.69 Å². The van der Waals surface area contributed by atoms with Crippen LogP contribution in [0.3, 0.4) is 0 Å². The molecule has 0 heterocycles. The van der Waals surface area contributed by atoms with Crippen LogP contribution in [-0.2, 0) is 4.79 Å². The molecule has 2 unspecified atom stereocenters. The molecule has 6 N–H and O–H groups in total. The van der Waals surface area contributed by atoms with E-state index < -0.39 is 30.6 Å². The second kappa shape index (κ2) is 14.1. The number of carbonyl (C=O) groups is 3. The summed E-state index contributed by atoms with van der Waals surface area (Å²) in [4.78, 5) is 39.8. The van der Waals surface area contributed by atoms with E-state index in [1.807, 2.05) is 67.8 Å². The molecule has 0 saturated heterocycles. The number of aliphatic hydroxyl groups is 4. The van der Waals surface area contributed by atoms with Crippen molar-refractivity contribution in [3.63, 3.8) is 0 Å². The van der Waals surface area contributed by atoms with Crippen molar-refractivity contribution in [2.24, 2.45) is 0 Å². The van der Waals surface area contributed by atoms with E-state index in [0.717, 1.165) is 0 Å². The highest BCUT2D eigenvalue weighted by atomic mass is 127. The summed E-state index contributed by atoms with van der Waals surface area (Å²) in [7, 11) is 0. The van der Waals surface area contributed by atoms with Crippen molar-refractivity contribution < 1.29 is 34.8 Å². The maximum Gasteiger partial charge on any atom is 0.253 e. The Kier molecular flexibility index (Phi) is 13.1. The maximum absolute atomic E-state index is 13.0. The molecule has 1 aromatic carbocycles. The molecular weight excluding hydrogens is 763 g/mol. The molecule has 0 aliphatic carbocycles. The van der Waals surface area contributed by atoms with E-state index >= 15 is 0 Å². The van der Waals surface area contributed by atoms with Crippen molar-refractivity contribution in [1.82, 2.24) is 10.6 Å². The van der Waals surface area contributed by atoms with Crippen LogP contribution in [0.1, 0.15) is 41.0 Å². The summed E-state index contributed by atoms with van der Waals surface area (Å²) in [6.07, 6.45) is -1.63. The molecule has 0 fully saturated rings. The van der Waals surface area contributed by atoms with Crippen molar-refractivity contribution >= 4 is 91.2 Å². The number of anilines is 1. The molecule has 1 rings (SSSR count). The Morgan fingerprint density at radius 2 is 1.44 bits per heavy atom. The molecule has 3 amide bonds. The number of nitrogens with one attached hydrogen (secondary N) is 2. The van der Waals surface area contributed by atoms with Gasteiger partial charge in [0.15, 0.2) is 0 Å². The molecule has 180 valence electrons. The average Bonchev–Trinajstić information content (AvgIpc) is 2.72. The summed E-state index contributed by atoms with van der Waals surface area (Å²) in [6, 6.07) is 0. The van der Waals surface area contributed by atoms with Gasteiger partial charge in [-0.2, -0.15) is 0 Å². The normalized spacial score (nSPS) is 12.8. The molecule has 0 bridgehead atoms. The fourth-order valence-electron chi connectivity index (χ4n) is 2.63. The quantitative estimate of drug-likeness (QED) is 0.178. The van der Waals surface area contributed by atoms with E-state index in [1.54, 1.807) is 0 Å². The second-order valence-corrected chi connectivity index (χ2v) is 10.1. The number of carbonyl (C=O) groups excluding carboxylic acids is 3. The van der Waals surface area contributed by atoms with Crippen molar-refractivity contribution in [2.45, 2.75) is 32.5 Å². The molecule has 13 heteroatoms. The van der Waals surface area contributed by atoms with Crippen LogP contribution in [0.25, 0.3) is 0 Å². The van der Waals surface area contributed by atoms with Gasteiger partial charge in [0.2, 0.25) is 5.91 Å². The Bertz CT molecular complexity index is 852. The number of benzene rings is 1. The predicted octanol–water partition coefficient (Wildman–Crippen LogP) is 0.429. The van der Waals surface area contributed by atoms with Gasteiger partial charge < -0.3 is 36.0 Å². The van der Waals surface area contributed by atoms with E-state index in [9.17, 15) is 29.7 Å². The first-order valence-electron chi connectivity index (χ1n) is 9.60. The number of amides is 3. The third kappa shape index (κ3) is 7.86. The summed E-state index contributed by atoms with van der Waals surface area (Å²) >= 11 is 5.77. The fraction of sp³-hybridized carbons (Fsp3) is 0.526. The number of aliphatic hydroxyl groups excluding tert-OH is 4. The van der Waals surface area contributed by atoms with Crippen LogP contribution in [0.5, 0.6) is 0 Å². The first-order chi connectivity index (χ1) is 15.0. The van der Waals surface area contributed by atoms with Gasteiger partial charge in [-0.25, -0.2) is 0 Å². The second-order valence-electron chi connectivity index (χ2n) is 6.89. The van der Waals surface area contributed by atoms with Gasteiger partial charge in [-0.3, -0.25) is 14.4 Å². The third-order valence-electron chi connectivity index (χ3n) is 4.20. The van der Waals surface area contributed by atoms with Crippen LogP contribution in [-0.4, -0.2) is 83.2 Å². The van der Waals surface area contributed by atoms with E-state index in [2.05, 4.69) is 10.6 Å². The van der Waals surface area contributed by atoms with Gasteiger partial charge in [-0.15, -0.1) is 0 Å². The largest absolute Gasteiger partial charge is 0.396 e. The maximum atomic E-state index is 13.0. The summed E-state index contributed by atoms with van der Waals surface area (Å²) in [5.41, 5.74) is 0.678. The summed E-state index contributed by atoms with van der Waals surface area (Å²) in [6.45, 7) is 2.18. The lowest BCUT2D eigenvalue weighted by Crippen LogP contribution is -2.38. The van der Waals surface area contributed by atoms with E-state index in [4.69, 9.17) is 5.11 Å². The molecule has 10 nitrogen and oxygen atoms in total. The first-order valence-corrected chi connectivity index (χ1v) is 12.8. The SMILES string of the molecule is CC(=O)N(CCCO)c1c(I)c(C(=O)NCC(C)O)c(I)c(C(=O)NCC(O)CO)c1I. The standard InChI is InChI=1S/C19H26I3N3O7/c1-9(28)6-23-18(31)12-14(20)13(19(32)24-7-11(30)8-27)16(22)17(15(12)21)25(10(2)29)4-3-5-26/h9,11,26-28,30H,3-8H2,1-2H3,(H,23,31)(H,24,32). The number of hydrogen-bond acceptors (Lipinski definition) is 7. The number of nitrogens with zero attached hydrogens (tertiary/aromatic N) is 1. The highest BCUT2D eigenvalue weighted by molar-refractivity contribution is 14.1. The Morgan fingerprint density at radius 1 is 0.938 bits per heavy atom. The fourth-order valence-corrected chi connectivity index (χ4v) is 7.36. The molecule has 0 radical (unpaired) electrons. The van der Waals surface area contributed by atoms with Gasteiger partial charge in [-0.05, 0) is 81.1 Å².